The average Bonchev–Trinajstić information content (AvgIpc) is 3.29. The summed E-state index contributed by atoms with van der Waals surface area (Å²) in [5, 5.41) is 6.79. The van der Waals surface area contributed by atoms with E-state index in [1.54, 1.807) is 11.3 Å². The highest BCUT2D eigenvalue weighted by atomic mass is 32.1. The first-order chi connectivity index (χ1) is 18.3. The third kappa shape index (κ3) is 10.2. The second-order valence-electron chi connectivity index (χ2n) is 10.1. The van der Waals surface area contributed by atoms with Crippen LogP contribution in [0.4, 0.5) is 10.6 Å². The molecule has 38 heavy (non-hydrogen) atoms. The largest absolute Gasteiger partial charge is 0.490 e. The SMILES string of the molecule is CCC(CCCCCNC(=O)OC(C)(C)C)Oc1ccc2nc(/C=C/C=C/c3ccc(NC)nc3)sc2c1. The Kier molecular flexibility index (Phi) is 11.1. The van der Waals surface area contributed by atoms with Gasteiger partial charge >= 0.3 is 6.09 Å². The first-order valence-corrected chi connectivity index (χ1v) is 14.1. The van der Waals surface area contributed by atoms with Gasteiger partial charge in [-0.2, -0.15) is 0 Å². The molecule has 204 valence electrons. The van der Waals surface area contributed by atoms with Crippen LogP contribution >= 0.6 is 11.3 Å². The average molecular weight is 537 g/mol. The number of fused-ring (bicyclic) bond motifs is 1. The fraction of sp³-hybridized carbons (Fsp3) is 0.433. The number of anilines is 1. The van der Waals surface area contributed by atoms with Crippen molar-refractivity contribution in [2.45, 2.75) is 71.5 Å². The van der Waals surface area contributed by atoms with Gasteiger partial charge in [-0.3, -0.25) is 0 Å². The van der Waals surface area contributed by atoms with Crippen LogP contribution in [0.25, 0.3) is 22.4 Å². The zero-order valence-electron chi connectivity index (χ0n) is 23.1. The van der Waals surface area contributed by atoms with E-state index in [-0.39, 0.29) is 12.2 Å². The zero-order chi connectivity index (χ0) is 27.4. The fourth-order valence-electron chi connectivity index (χ4n) is 3.74. The molecule has 0 fully saturated rings. The summed E-state index contributed by atoms with van der Waals surface area (Å²) in [6.07, 6.45) is 14.6. The first kappa shape index (κ1) is 29.2. The van der Waals surface area contributed by atoms with Crippen molar-refractivity contribution in [3.8, 4) is 5.75 Å². The molecule has 8 heteroatoms. The summed E-state index contributed by atoms with van der Waals surface area (Å²) < 4.78 is 12.7. The van der Waals surface area contributed by atoms with Crippen LogP contribution in [0.15, 0.2) is 48.7 Å². The van der Waals surface area contributed by atoms with E-state index < -0.39 is 5.60 Å². The fourth-order valence-corrected chi connectivity index (χ4v) is 4.65. The number of allylic oxidation sites excluding steroid dienone is 2. The summed E-state index contributed by atoms with van der Waals surface area (Å²) in [6.45, 7) is 8.38. The molecule has 1 amide bonds. The van der Waals surface area contributed by atoms with Gasteiger partial charge in [0.1, 0.15) is 22.2 Å². The Morgan fingerprint density at radius 1 is 1.11 bits per heavy atom. The summed E-state index contributed by atoms with van der Waals surface area (Å²) >= 11 is 1.65. The molecule has 0 spiro atoms. The number of carbonyl (C=O) groups excluding carboxylic acids is 1. The summed E-state index contributed by atoms with van der Waals surface area (Å²) in [7, 11) is 1.86. The van der Waals surface area contributed by atoms with Gasteiger partial charge in [0.2, 0.25) is 0 Å². The quantitative estimate of drug-likeness (QED) is 0.172. The van der Waals surface area contributed by atoms with Gasteiger partial charge in [-0.05, 0) is 88.4 Å². The molecular weight excluding hydrogens is 496 g/mol. The van der Waals surface area contributed by atoms with Crippen LogP contribution in [0.3, 0.4) is 0 Å². The minimum absolute atomic E-state index is 0.167. The number of hydrogen-bond acceptors (Lipinski definition) is 7. The molecule has 0 aliphatic carbocycles. The Morgan fingerprint density at radius 3 is 2.63 bits per heavy atom. The maximum Gasteiger partial charge on any atom is 0.407 e. The number of thiazole rings is 1. The van der Waals surface area contributed by atoms with Crippen molar-refractivity contribution in [1.82, 2.24) is 15.3 Å². The lowest BCUT2D eigenvalue weighted by molar-refractivity contribution is 0.0526. The summed E-state index contributed by atoms with van der Waals surface area (Å²) in [4.78, 5) is 20.7. The predicted molar refractivity (Wildman–Crippen MR) is 159 cm³/mol. The maximum atomic E-state index is 11.7. The molecule has 1 unspecified atom stereocenters. The molecule has 1 atom stereocenters. The highest BCUT2D eigenvalue weighted by molar-refractivity contribution is 7.19. The third-order valence-electron chi connectivity index (χ3n) is 5.69. The van der Waals surface area contributed by atoms with Crippen LogP contribution in [-0.2, 0) is 4.74 Å². The number of alkyl carbamates (subject to hydrolysis) is 1. The van der Waals surface area contributed by atoms with Gasteiger partial charge in [0.15, 0.2) is 0 Å². The standard InChI is InChI=1S/C30H40N4O3S/c1-6-23(13-8-7-11-19-32-29(35)37-30(2,3)4)36-24-16-17-25-26(20-24)38-28(34-25)14-10-9-12-22-15-18-27(31-5)33-21-22/h9-10,12,14-18,20-21,23H,6-8,11,13,19H2,1-5H3,(H,31,33)(H,32,35)/b12-9+,14-10+. The molecule has 3 aromatic rings. The van der Waals surface area contributed by atoms with Crippen molar-refractivity contribution in [2.75, 3.05) is 18.9 Å². The lowest BCUT2D eigenvalue weighted by atomic mass is 10.1. The van der Waals surface area contributed by atoms with E-state index in [4.69, 9.17) is 14.5 Å². The lowest BCUT2D eigenvalue weighted by Gasteiger charge is -2.20. The van der Waals surface area contributed by atoms with Gasteiger partial charge in [0, 0.05) is 19.8 Å². The van der Waals surface area contributed by atoms with E-state index in [0.29, 0.717) is 6.54 Å². The first-order valence-electron chi connectivity index (χ1n) is 13.3. The normalized spacial score (nSPS) is 12.8. The molecule has 0 radical (unpaired) electrons. The molecule has 2 N–H and O–H groups in total. The topological polar surface area (TPSA) is 85.4 Å². The molecule has 2 aromatic heterocycles. The number of pyridine rings is 1. The molecule has 0 aliphatic rings. The molecule has 2 heterocycles. The lowest BCUT2D eigenvalue weighted by Crippen LogP contribution is -2.33. The van der Waals surface area contributed by atoms with Gasteiger partial charge in [0.05, 0.1) is 16.3 Å². The van der Waals surface area contributed by atoms with Crippen LogP contribution in [0.1, 0.15) is 70.4 Å². The smallest absolute Gasteiger partial charge is 0.407 e. The Balaban J connectivity index is 1.44. The van der Waals surface area contributed by atoms with Crippen LogP contribution in [0.5, 0.6) is 5.75 Å². The molecule has 7 nitrogen and oxygen atoms in total. The molecule has 0 saturated heterocycles. The van der Waals surface area contributed by atoms with Crippen LogP contribution in [-0.4, -0.2) is 41.4 Å². The molecular formula is C30H40N4O3S. The van der Waals surface area contributed by atoms with Crippen molar-refractivity contribution in [1.29, 1.82) is 0 Å². The number of hydrogen-bond donors (Lipinski definition) is 2. The summed E-state index contributed by atoms with van der Waals surface area (Å²) in [6, 6.07) is 10.1. The molecule has 1 aromatic carbocycles. The van der Waals surface area contributed by atoms with E-state index in [1.165, 1.54) is 0 Å². The van der Waals surface area contributed by atoms with Crippen molar-refractivity contribution in [3.05, 3.63) is 59.3 Å². The van der Waals surface area contributed by atoms with Crippen molar-refractivity contribution >= 4 is 45.6 Å². The molecule has 0 bridgehead atoms. The van der Waals surface area contributed by atoms with Gasteiger partial charge in [0.25, 0.3) is 0 Å². The summed E-state index contributed by atoms with van der Waals surface area (Å²) in [5.74, 6) is 1.73. The number of unbranched alkanes of at least 4 members (excludes halogenated alkanes) is 2. The molecule has 0 saturated carbocycles. The Bertz CT molecular complexity index is 1210. The minimum atomic E-state index is -0.467. The number of benzene rings is 1. The van der Waals surface area contributed by atoms with Gasteiger partial charge in [-0.25, -0.2) is 14.8 Å². The Labute approximate surface area is 230 Å². The van der Waals surface area contributed by atoms with Gasteiger partial charge in [-0.15, -0.1) is 11.3 Å². The Morgan fingerprint density at radius 2 is 1.92 bits per heavy atom. The van der Waals surface area contributed by atoms with E-state index in [9.17, 15) is 4.79 Å². The summed E-state index contributed by atoms with van der Waals surface area (Å²) in [5.41, 5.74) is 1.55. The van der Waals surface area contributed by atoms with Crippen molar-refractivity contribution in [2.24, 2.45) is 0 Å². The second-order valence-corrected chi connectivity index (χ2v) is 11.1. The predicted octanol–water partition coefficient (Wildman–Crippen LogP) is 7.70. The van der Waals surface area contributed by atoms with Crippen molar-refractivity contribution < 1.29 is 14.3 Å². The van der Waals surface area contributed by atoms with Crippen LogP contribution in [0.2, 0.25) is 0 Å². The van der Waals surface area contributed by atoms with Gasteiger partial charge < -0.3 is 20.1 Å². The molecule has 0 aliphatic heterocycles. The second kappa shape index (κ2) is 14.5. The number of rotatable bonds is 13. The van der Waals surface area contributed by atoms with Crippen LogP contribution < -0.4 is 15.4 Å². The minimum Gasteiger partial charge on any atom is -0.490 e. The van der Waals surface area contributed by atoms with E-state index >= 15 is 0 Å². The number of carbonyl (C=O) groups is 1. The number of amides is 1. The van der Waals surface area contributed by atoms with E-state index in [2.05, 4.69) is 28.6 Å². The van der Waals surface area contributed by atoms with Crippen molar-refractivity contribution in [3.63, 3.8) is 0 Å². The van der Waals surface area contributed by atoms with Crippen LogP contribution in [0, 0.1) is 0 Å². The third-order valence-corrected chi connectivity index (χ3v) is 6.67. The molecule has 3 rings (SSSR count). The number of nitrogens with zero attached hydrogens (tertiary/aromatic N) is 2. The zero-order valence-corrected chi connectivity index (χ0v) is 23.9. The monoisotopic (exact) mass is 536 g/mol. The maximum absolute atomic E-state index is 11.7. The van der Waals surface area contributed by atoms with E-state index in [0.717, 1.165) is 64.5 Å². The highest BCUT2D eigenvalue weighted by Crippen LogP contribution is 2.28. The Hall–Kier alpha value is -3.39. The number of nitrogens with one attached hydrogen (secondary N) is 2. The highest BCUT2D eigenvalue weighted by Gasteiger charge is 2.15. The number of ether oxygens (including phenoxy) is 2. The van der Waals surface area contributed by atoms with E-state index in [1.807, 2.05) is 82.6 Å². The number of aromatic nitrogens is 2. The van der Waals surface area contributed by atoms with Gasteiger partial charge in [-0.1, -0.05) is 31.6 Å².